The van der Waals surface area contributed by atoms with Crippen LogP contribution in [0.25, 0.3) is 0 Å². The fourth-order valence-corrected chi connectivity index (χ4v) is 1.54. The minimum Gasteiger partial charge on any atom is -0.485 e. The van der Waals surface area contributed by atoms with Crippen molar-refractivity contribution >= 4 is 6.29 Å². The van der Waals surface area contributed by atoms with E-state index in [-0.39, 0.29) is 18.6 Å². The molecule has 92 valence electrons. The lowest BCUT2D eigenvalue weighted by molar-refractivity contribution is 0.111. The first kappa shape index (κ1) is 12.2. The minimum absolute atomic E-state index is 0.0715. The Bertz CT molecular complexity index is 553. The monoisotopic (exact) mass is 248 g/mol. The molecule has 2 rings (SSSR count). The van der Waals surface area contributed by atoms with Crippen LogP contribution in [0.1, 0.15) is 15.9 Å². The Balaban J connectivity index is 2.24. The largest absolute Gasteiger partial charge is 0.485 e. The fourth-order valence-electron chi connectivity index (χ4n) is 1.54. The second-order valence-electron chi connectivity index (χ2n) is 3.66. The number of hydrogen-bond acceptors (Lipinski definition) is 2. The highest BCUT2D eigenvalue weighted by Crippen LogP contribution is 2.24. The smallest absolute Gasteiger partial charge is 0.168 e. The first-order valence-electron chi connectivity index (χ1n) is 5.32. The van der Waals surface area contributed by atoms with Crippen molar-refractivity contribution in [2.24, 2.45) is 0 Å². The summed E-state index contributed by atoms with van der Waals surface area (Å²) in [7, 11) is 0. The van der Waals surface area contributed by atoms with Gasteiger partial charge in [0.25, 0.3) is 0 Å². The summed E-state index contributed by atoms with van der Waals surface area (Å²) in [4.78, 5) is 10.7. The molecular weight excluding hydrogens is 238 g/mol. The number of carbonyl (C=O) groups is 1. The van der Waals surface area contributed by atoms with E-state index in [1.807, 2.05) is 6.07 Å². The summed E-state index contributed by atoms with van der Waals surface area (Å²) in [5.74, 6) is -1.90. The molecule has 2 aromatic rings. The van der Waals surface area contributed by atoms with Crippen molar-refractivity contribution < 1.29 is 18.3 Å². The number of aldehydes is 1. The van der Waals surface area contributed by atoms with Gasteiger partial charge in [0, 0.05) is 0 Å². The lowest BCUT2D eigenvalue weighted by Crippen LogP contribution is -2.02. The maximum absolute atomic E-state index is 13.5. The molecule has 4 heteroatoms. The summed E-state index contributed by atoms with van der Waals surface area (Å²) < 4.78 is 31.9. The summed E-state index contributed by atoms with van der Waals surface area (Å²) in [5.41, 5.74) is 0.406. The number of hydrogen-bond donors (Lipinski definition) is 0. The van der Waals surface area contributed by atoms with E-state index in [0.717, 1.165) is 17.7 Å². The van der Waals surface area contributed by atoms with Crippen molar-refractivity contribution in [3.05, 3.63) is 65.2 Å². The zero-order valence-electron chi connectivity index (χ0n) is 9.40. The van der Waals surface area contributed by atoms with Gasteiger partial charge in [-0.15, -0.1) is 0 Å². The van der Waals surface area contributed by atoms with E-state index < -0.39 is 17.2 Å². The zero-order chi connectivity index (χ0) is 13.0. The second kappa shape index (κ2) is 5.40. The van der Waals surface area contributed by atoms with Crippen LogP contribution in [-0.2, 0) is 6.61 Å². The molecule has 0 amide bonds. The van der Waals surface area contributed by atoms with Crippen LogP contribution in [0, 0.1) is 11.6 Å². The van der Waals surface area contributed by atoms with Crippen LogP contribution in [0.2, 0.25) is 0 Å². The lowest BCUT2D eigenvalue weighted by Gasteiger charge is -2.09. The summed E-state index contributed by atoms with van der Waals surface area (Å²) >= 11 is 0. The lowest BCUT2D eigenvalue weighted by atomic mass is 10.2. The summed E-state index contributed by atoms with van der Waals surface area (Å²) in [6.07, 6.45) is 0.249. The molecule has 0 aliphatic carbocycles. The van der Waals surface area contributed by atoms with Gasteiger partial charge in [0.05, 0.1) is 5.56 Å². The SMILES string of the molecule is O=Cc1c(F)ccc(F)c1OCc1ccccc1. The molecule has 0 aliphatic rings. The topological polar surface area (TPSA) is 26.3 Å². The molecule has 0 N–H and O–H groups in total. The highest BCUT2D eigenvalue weighted by atomic mass is 19.1. The van der Waals surface area contributed by atoms with Crippen LogP contribution in [0.3, 0.4) is 0 Å². The normalized spacial score (nSPS) is 10.1. The van der Waals surface area contributed by atoms with Gasteiger partial charge in [0.2, 0.25) is 0 Å². The maximum atomic E-state index is 13.5. The van der Waals surface area contributed by atoms with E-state index in [1.165, 1.54) is 0 Å². The molecule has 0 radical (unpaired) electrons. The van der Waals surface area contributed by atoms with Crippen LogP contribution < -0.4 is 4.74 Å². The molecule has 0 aliphatic heterocycles. The van der Waals surface area contributed by atoms with E-state index in [0.29, 0.717) is 0 Å². The molecule has 0 atom stereocenters. The Morgan fingerprint density at radius 2 is 1.67 bits per heavy atom. The molecule has 0 saturated carbocycles. The second-order valence-corrected chi connectivity index (χ2v) is 3.66. The maximum Gasteiger partial charge on any atom is 0.168 e. The first-order valence-corrected chi connectivity index (χ1v) is 5.32. The van der Waals surface area contributed by atoms with E-state index in [1.54, 1.807) is 24.3 Å². The number of rotatable bonds is 4. The highest BCUT2D eigenvalue weighted by Gasteiger charge is 2.14. The zero-order valence-corrected chi connectivity index (χ0v) is 9.40. The quantitative estimate of drug-likeness (QED) is 0.775. The van der Waals surface area contributed by atoms with Crippen LogP contribution >= 0.6 is 0 Å². The fraction of sp³-hybridized carbons (Fsp3) is 0.0714. The van der Waals surface area contributed by atoms with Gasteiger partial charge < -0.3 is 4.74 Å². The van der Waals surface area contributed by atoms with Gasteiger partial charge in [0.1, 0.15) is 12.4 Å². The molecule has 2 nitrogen and oxygen atoms in total. The minimum atomic E-state index is -0.797. The third-order valence-electron chi connectivity index (χ3n) is 2.44. The predicted octanol–water partition coefficient (Wildman–Crippen LogP) is 3.36. The highest BCUT2D eigenvalue weighted by molar-refractivity contribution is 5.79. The van der Waals surface area contributed by atoms with Gasteiger partial charge in [0.15, 0.2) is 17.9 Å². The number of benzene rings is 2. The molecule has 0 unspecified atom stereocenters. The summed E-state index contributed by atoms with van der Waals surface area (Å²) in [6.45, 7) is 0.0715. The van der Waals surface area contributed by atoms with Gasteiger partial charge in [-0.2, -0.15) is 0 Å². The third kappa shape index (κ3) is 2.53. The van der Waals surface area contributed by atoms with Crippen molar-refractivity contribution in [3.8, 4) is 5.75 Å². The van der Waals surface area contributed by atoms with Crippen LogP contribution in [0.15, 0.2) is 42.5 Å². The van der Waals surface area contributed by atoms with Gasteiger partial charge in [-0.1, -0.05) is 30.3 Å². The Morgan fingerprint density at radius 3 is 2.33 bits per heavy atom. The predicted molar refractivity (Wildman–Crippen MR) is 62.5 cm³/mol. The van der Waals surface area contributed by atoms with E-state index >= 15 is 0 Å². The molecular formula is C14H10F2O2. The van der Waals surface area contributed by atoms with Crippen LogP contribution in [0.4, 0.5) is 8.78 Å². The van der Waals surface area contributed by atoms with Crippen molar-refractivity contribution in [3.63, 3.8) is 0 Å². The molecule has 18 heavy (non-hydrogen) atoms. The van der Waals surface area contributed by atoms with Crippen molar-refractivity contribution in [1.82, 2.24) is 0 Å². The molecule has 2 aromatic carbocycles. The van der Waals surface area contributed by atoms with Gasteiger partial charge in [-0.05, 0) is 17.7 Å². The van der Waals surface area contributed by atoms with E-state index in [2.05, 4.69) is 0 Å². The summed E-state index contributed by atoms with van der Waals surface area (Å²) in [5, 5.41) is 0. The average molecular weight is 248 g/mol. The molecule has 0 bridgehead atoms. The van der Waals surface area contributed by atoms with E-state index in [4.69, 9.17) is 4.74 Å². The van der Waals surface area contributed by atoms with Crippen LogP contribution in [-0.4, -0.2) is 6.29 Å². The van der Waals surface area contributed by atoms with Gasteiger partial charge >= 0.3 is 0 Å². The Kier molecular flexibility index (Phi) is 3.67. The van der Waals surface area contributed by atoms with Gasteiger partial charge in [-0.3, -0.25) is 4.79 Å². The number of halogens is 2. The van der Waals surface area contributed by atoms with Crippen molar-refractivity contribution in [1.29, 1.82) is 0 Å². The van der Waals surface area contributed by atoms with Crippen molar-refractivity contribution in [2.75, 3.05) is 0 Å². The van der Waals surface area contributed by atoms with E-state index in [9.17, 15) is 13.6 Å². The first-order chi connectivity index (χ1) is 8.72. The van der Waals surface area contributed by atoms with Gasteiger partial charge in [-0.25, -0.2) is 8.78 Å². The third-order valence-corrected chi connectivity index (χ3v) is 2.44. The number of carbonyl (C=O) groups excluding carboxylic acids is 1. The molecule has 0 fully saturated rings. The molecule has 0 spiro atoms. The Hall–Kier alpha value is -2.23. The van der Waals surface area contributed by atoms with Crippen LogP contribution in [0.5, 0.6) is 5.75 Å². The summed E-state index contributed by atoms with van der Waals surface area (Å²) in [6, 6.07) is 10.9. The molecule has 0 aromatic heterocycles. The molecule has 0 heterocycles. The standard InChI is InChI=1S/C14H10F2O2/c15-12-6-7-13(16)14(11(12)8-17)18-9-10-4-2-1-3-5-10/h1-8H,9H2. The van der Waals surface area contributed by atoms with Crippen molar-refractivity contribution in [2.45, 2.75) is 6.61 Å². The average Bonchev–Trinajstić information content (AvgIpc) is 2.41. The number of ether oxygens (including phenoxy) is 1. The molecule has 0 saturated heterocycles. The Morgan fingerprint density at radius 1 is 1.00 bits per heavy atom. The Labute approximate surface area is 103 Å².